The zero-order chi connectivity index (χ0) is 9.80. The van der Waals surface area contributed by atoms with Crippen molar-refractivity contribution in [2.75, 3.05) is 13.2 Å². The highest BCUT2D eigenvalue weighted by atomic mass is 32.1. The molecule has 0 aliphatic carbocycles. The van der Waals surface area contributed by atoms with Crippen molar-refractivity contribution in [3.05, 3.63) is 16.1 Å². The third-order valence-electron chi connectivity index (χ3n) is 2.54. The van der Waals surface area contributed by atoms with Crippen molar-refractivity contribution in [2.24, 2.45) is 0 Å². The van der Waals surface area contributed by atoms with E-state index in [1.807, 2.05) is 6.20 Å². The number of hydrogen-bond donors (Lipinski definition) is 2. The number of nitrogens with zero attached hydrogens (tertiary/aromatic N) is 1. The Morgan fingerprint density at radius 3 is 3.21 bits per heavy atom. The molecule has 0 aromatic carbocycles. The van der Waals surface area contributed by atoms with Crippen LogP contribution in [0.5, 0.6) is 0 Å². The maximum atomic E-state index is 8.80. The van der Waals surface area contributed by atoms with E-state index in [1.165, 1.54) is 29.1 Å². The molecule has 1 saturated heterocycles. The van der Waals surface area contributed by atoms with Gasteiger partial charge in [0, 0.05) is 24.1 Å². The molecule has 1 aromatic heterocycles. The minimum atomic E-state index is 0.222. The van der Waals surface area contributed by atoms with Crippen molar-refractivity contribution < 1.29 is 5.11 Å². The molecule has 1 aliphatic rings. The van der Waals surface area contributed by atoms with Crippen molar-refractivity contribution >= 4 is 11.3 Å². The van der Waals surface area contributed by atoms with Gasteiger partial charge in [0.25, 0.3) is 0 Å². The number of hydrogen-bond acceptors (Lipinski definition) is 4. The fraction of sp³-hybridized carbons (Fsp3) is 0.700. The zero-order valence-corrected chi connectivity index (χ0v) is 9.02. The van der Waals surface area contributed by atoms with Crippen molar-refractivity contribution in [3.8, 4) is 0 Å². The molecule has 14 heavy (non-hydrogen) atoms. The van der Waals surface area contributed by atoms with Crippen LogP contribution in [0.1, 0.15) is 35.2 Å². The molecule has 2 N–H and O–H groups in total. The lowest BCUT2D eigenvalue weighted by molar-refractivity contribution is 0.300. The molecule has 1 aromatic rings. The summed E-state index contributed by atoms with van der Waals surface area (Å²) in [6, 6.07) is 0.459. The van der Waals surface area contributed by atoms with E-state index in [4.69, 9.17) is 5.11 Å². The largest absolute Gasteiger partial charge is 0.396 e. The highest BCUT2D eigenvalue weighted by Gasteiger charge is 2.17. The van der Waals surface area contributed by atoms with Crippen LogP contribution >= 0.6 is 11.3 Å². The molecule has 0 saturated carbocycles. The van der Waals surface area contributed by atoms with E-state index in [-0.39, 0.29) is 6.61 Å². The molecule has 1 atom stereocenters. The van der Waals surface area contributed by atoms with E-state index in [2.05, 4.69) is 10.3 Å². The minimum Gasteiger partial charge on any atom is -0.396 e. The maximum Gasteiger partial charge on any atom is 0.110 e. The van der Waals surface area contributed by atoms with Crippen LogP contribution in [0.3, 0.4) is 0 Å². The SMILES string of the molecule is OCCc1cnc(C2CCCCN2)s1. The Labute approximate surface area is 88.2 Å². The number of aliphatic hydroxyl groups is 1. The monoisotopic (exact) mass is 212 g/mol. The Kier molecular flexibility index (Phi) is 3.50. The minimum absolute atomic E-state index is 0.222. The van der Waals surface area contributed by atoms with Crippen LogP contribution < -0.4 is 5.32 Å². The molecule has 3 nitrogen and oxygen atoms in total. The van der Waals surface area contributed by atoms with Crippen LogP contribution in [-0.4, -0.2) is 23.2 Å². The molecule has 1 fully saturated rings. The number of piperidine rings is 1. The summed E-state index contributed by atoms with van der Waals surface area (Å²) in [5.41, 5.74) is 0. The lowest BCUT2D eigenvalue weighted by Crippen LogP contribution is -2.26. The van der Waals surface area contributed by atoms with Gasteiger partial charge in [0.05, 0.1) is 6.04 Å². The molecule has 0 bridgehead atoms. The van der Waals surface area contributed by atoms with E-state index >= 15 is 0 Å². The topological polar surface area (TPSA) is 45.2 Å². The first-order valence-corrected chi connectivity index (χ1v) is 6.00. The van der Waals surface area contributed by atoms with Gasteiger partial charge in [0.1, 0.15) is 5.01 Å². The summed E-state index contributed by atoms with van der Waals surface area (Å²) in [6.45, 7) is 1.33. The smallest absolute Gasteiger partial charge is 0.110 e. The van der Waals surface area contributed by atoms with Gasteiger partial charge in [-0.3, -0.25) is 0 Å². The lowest BCUT2D eigenvalue weighted by Gasteiger charge is -2.21. The summed E-state index contributed by atoms with van der Waals surface area (Å²) in [6.07, 6.45) is 6.42. The second-order valence-electron chi connectivity index (χ2n) is 3.64. The van der Waals surface area contributed by atoms with Crippen LogP contribution in [0.2, 0.25) is 0 Å². The first kappa shape index (κ1) is 10.1. The van der Waals surface area contributed by atoms with E-state index in [1.54, 1.807) is 11.3 Å². The van der Waals surface area contributed by atoms with Gasteiger partial charge in [-0.05, 0) is 19.4 Å². The Bertz CT molecular complexity index is 281. The van der Waals surface area contributed by atoms with Crippen LogP contribution in [0.25, 0.3) is 0 Å². The van der Waals surface area contributed by atoms with Gasteiger partial charge in [-0.1, -0.05) is 6.42 Å². The summed E-state index contributed by atoms with van der Waals surface area (Å²) in [5, 5.41) is 13.5. The molecule has 1 unspecified atom stereocenters. The normalized spacial score (nSPS) is 22.5. The van der Waals surface area contributed by atoms with Gasteiger partial charge in [0.2, 0.25) is 0 Å². The Morgan fingerprint density at radius 2 is 2.50 bits per heavy atom. The van der Waals surface area contributed by atoms with Gasteiger partial charge in [-0.15, -0.1) is 11.3 Å². The number of rotatable bonds is 3. The summed E-state index contributed by atoms with van der Waals surface area (Å²) in [4.78, 5) is 5.59. The molecule has 0 amide bonds. The quantitative estimate of drug-likeness (QED) is 0.798. The van der Waals surface area contributed by atoms with Crippen molar-refractivity contribution in [3.63, 3.8) is 0 Å². The fourth-order valence-corrected chi connectivity index (χ4v) is 2.79. The van der Waals surface area contributed by atoms with E-state index < -0.39 is 0 Å². The van der Waals surface area contributed by atoms with Crippen LogP contribution in [0.15, 0.2) is 6.20 Å². The summed E-state index contributed by atoms with van der Waals surface area (Å²) in [5.74, 6) is 0. The van der Waals surface area contributed by atoms with Gasteiger partial charge in [0.15, 0.2) is 0 Å². The number of aromatic nitrogens is 1. The second kappa shape index (κ2) is 4.87. The van der Waals surface area contributed by atoms with Crippen molar-refractivity contribution in [1.29, 1.82) is 0 Å². The molecule has 78 valence electrons. The van der Waals surface area contributed by atoms with Gasteiger partial charge in [-0.25, -0.2) is 4.98 Å². The van der Waals surface area contributed by atoms with E-state index in [0.717, 1.165) is 13.0 Å². The first-order chi connectivity index (χ1) is 6.90. The summed E-state index contributed by atoms with van der Waals surface area (Å²) < 4.78 is 0. The molecule has 2 rings (SSSR count). The molecule has 2 heterocycles. The van der Waals surface area contributed by atoms with Crippen LogP contribution in [-0.2, 0) is 6.42 Å². The highest BCUT2D eigenvalue weighted by Crippen LogP contribution is 2.26. The predicted molar refractivity (Wildman–Crippen MR) is 57.5 cm³/mol. The average molecular weight is 212 g/mol. The second-order valence-corrected chi connectivity index (χ2v) is 4.79. The zero-order valence-electron chi connectivity index (χ0n) is 8.20. The standard InChI is InChI=1S/C10H16N2OS/c13-6-4-8-7-12-10(14-8)9-3-1-2-5-11-9/h7,9,11,13H,1-6H2. The Balaban J connectivity index is 2.00. The summed E-state index contributed by atoms with van der Waals surface area (Å²) in [7, 11) is 0. The average Bonchev–Trinajstić information content (AvgIpc) is 2.68. The van der Waals surface area contributed by atoms with Crippen molar-refractivity contribution in [2.45, 2.75) is 31.7 Å². The number of nitrogens with one attached hydrogen (secondary N) is 1. The predicted octanol–water partition coefficient (Wildman–Crippen LogP) is 1.49. The van der Waals surface area contributed by atoms with E-state index in [0.29, 0.717) is 6.04 Å². The fourth-order valence-electron chi connectivity index (χ4n) is 1.77. The van der Waals surface area contributed by atoms with Crippen molar-refractivity contribution in [1.82, 2.24) is 10.3 Å². The van der Waals surface area contributed by atoms with E-state index in [9.17, 15) is 0 Å². The third-order valence-corrected chi connectivity index (χ3v) is 3.71. The number of thiazole rings is 1. The molecular weight excluding hydrogens is 196 g/mol. The Hall–Kier alpha value is -0.450. The molecule has 4 heteroatoms. The molecule has 0 radical (unpaired) electrons. The maximum absolute atomic E-state index is 8.80. The van der Waals surface area contributed by atoms with Crippen LogP contribution in [0.4, 0.5) is 0 Å². The van der Waals surface area contributed by atoms with Gasteiger partial charge >= 0.3 is 0 Å². The highest BCUT2D eigenvalue weighted by molar-refractivity contribution is 7.11. The molecule has 0 spiro atoms. The number of aliphatic hydroxyl groups excluding tert-OH is 1. The van der Waals surface area contributed by atoms with Gasteiger partial charge in [-0.2, -0.15) is 0 Å². The lowest BCUT2D eigenvalue weighted by atomic mass is 10.1. The molecule has 1 aliphatic heterocycles. The summed E-state index contributed by atoms with van der Waals surface area (Å²) >= 11 is 1.73. The Morgan fingerprint density at radius 1 is 1.57 bits per heavy atom. The molecular formula is C10H16N2OS. The van der Waals surface area contributed by atoms with Gasteiger partial charge < -0.3 is 10.4 Å². The first-order valence-electron chi connectivity index (χ1n) is 5.19. The third kappa shape index (κ3) is 2.32. The van der Waals surface area contributed by atoms with Crippen LogP contribution in [0, 0.1) is 0 Å².